The minimum atomic E-state index is -0.688. The SMILES string of the molecule is O=C(Nc1nnc(-c2cccnc2)s1)c1ccncc1F. The van der Waals surface area contributed by atoms with E-state index in [2.05, 4.69) is 25.5 Å². The van der Waals surface area contributed by atoms with E-state index in [0.717, 1.165) is 11.8 Å². The molecule has 0 aliphatic rings. The lowest BCUT2D eigenvalue weighted by atomic mass is 10.2. The second-order valence-electron chi connectivity index (χ2n) is 3.96. The summed E-state index contributed by atoms with van der Waals surface area (Å²) in [7, 11) is 0. The molecule has 104 valence electrons. The second kappa shape index (κ2) is 5.71. The maximum atomic E-state index is 13.4. The summed E-state index contributed by atoms with van der Waals surface area (Å²) in [4.78, 5) is 19.5. The van der Waals surface area contributed by atoms with Gasteiger partial charge in [0.2, 0.25) is 5.13 Å². The highest BCUT2D eigenvalue weighted by molar-refractivity contribution is 7.18. The Hall–Kier alpha value is -2.74. The first-order chi connectivity index (χ1) is 10.2. The molecule has 1 N–H and O–H groups in total. The quantitative estimate of drug-likeness (QED) is 0.803. The number of nitrogens with one attached hydrogen (secondary N) is 1. The monoisotopic (exact) mass is 301 g/mol. The van der Waals surface area contributed by atoms with Crippen LogP contribution in [0.3, 0.4) is 0 Å². The summed E-state index contributed by atoms with van der Waals surface area (Å²) in [6.45, 7) is 0. The standard InChI is InChI=1S/C13H8FN5OS/c14-10-7-16-5-3-9(10)11(20)17-13-19-18-12(21-13)8-2-1-4-15-6-8/h1-7H,(H,17,19,20). The molecule has 0 saturated carbocycles. The van der Waals surface area contributed by atoms with Crippen LogP contribution in [0.4, 0.5) is 9.52 Å². The molecule has 8 heteroatoms. The van der Waals surface area contributed by atoms with Crippen LogP contribution in [0, 0.1) is 5.82 Å². The third kappa shape index (κ3) is 2.90. The van der Waals surface area contributed by atoms with Crippen molar-refractivity contribution in [1.29, 1.82) is 0 Å². The Morgan fingerprint density at radius 2 is 2.00 bits per heavy atom. The number of amides is 1. The van der Waals surface area contributed by atoms with E-state index in [4.69, 9.17) is 0 Å². The summed E-state index contributed by atoms with van der Waals surface area (Å²) in [5.41, 5.74) is 0.703. The summed E-state index contributed by atoms with van der Waals surface area (Å²) in [6.07, 6.45) is 5.63. The molecule has 3 heterocycles. The van der Waals surface area contributed by atoms with Gasteiger partial charge in [-0.15, -0.1) is 10.2 Å². The van der Waals surface area contributed by atoms with Crippen LogP contribution in [-0.2, 0) is 0 Å². The van der Waals surface area contributed by atoms with Gasteiger partial charge in [0.05, 0.1) is 11.8 Å². The highest BCUT2D eigenvalue weighted by Gasteiger charge is 2.14. The Morgan fingerprint density at radius 3 is 2.76 bits per heavy atom. The van der Waals surface area contributed by atoms with E-state index in [9.17, 15) is 9.18 Å². The third-order valence-electron chi connectivity index (χ3n) is 2.57. The molecular formula is C13H8FN5OS. The van der Waals surface area contributed by atoms with Crippen LogP contribution in [0.25, 0.3) is 10.6 Å². The van der Waals surface area contributed by atoms with Crippen molar-refractivity contribution < 1.29 is 9.18 Å². The van der Waals surface area contributed by atoms with Crippen molar-refractivity contribution in [2.75, 3.05) is 5.32 Å². The first kappa shape index (κ1) is 13.3. The van der Waals surface area contributed by atoms with Gasteiger partial charge in [-0.05, 0) is 18.2 Å². The van der Waals surface area contributed by atoms with Gasteiger partial charge < -0.3 is 0 Å². The minimum absolute atomic E-state index is 0.0943. The molecule has 3 aromatic heterocycles. The van der Waals surface area contributed by atoms with Crippen LogP contribution in [0.5, 0.6) is 0 Å². The number of halogens is 1. The molecule has 0 aliphatic heterocycles. The van der Waals surface area contributed by atoms with E-state index in [1.807, 2.05) is 6.07 Å². The van der Waals surface area contributed by atoms with E-state index in [-0.39, 0.29) is 10.7 Å². The fourth-order valence-corrected chi connectivity index (χ4v) is 2.33. The number of anilines is 1. The van der Waals surface area contributed by atoms with E-state index in [1.54, 1.807) is 18.5 Å². The zero-order chi connectivity index (χ0) is 14.7. The number of carbonyl (C=O) groups is 1. The molecule has 6 nitrogen and oxygen atoms in total. The fourth-order valence-electron chi connectivity index (χ4n) is 1.60. The van der Waals surface area contributed by atoms with E-state index >= 15 is 0 Å². The van der Waals surface area contributed by atoms with E-state index in [1.165, 1.54) is 23.6 Å². The van der Waals surface area contributed by atoms with Crippen LogP contribution in [0.2, 0.25) is 0 Å². The first-order valence-corrected chi connectivity index (χ1v) is 6.70. The third-order valence-corrected chi connectivity index (χ3v) is 3.46. The lowest BCUT2D eigenvalue weighted by molar-refractivity contribution is 0.102. The smallest absolute Gasteiger partial charge is 0.260 e. The number of hydrogen-bond donors (Lipinski definition) is 1. The van der Waals surface area contributed by atoms with Crippen LogP contribution in [-0.4, -0.2) is 26.1 Å². The molecule has 0 aliphatic carbocycles. The Labute approximate surface area is 122 Å². The number of nitrogens with zero attached hydrogens (tertiary/aromatic N) is 4. The summed E-state index contributed by atoms with van der Waals surface area (Å²) >= 11 is 1.18. The van der Waals surface area contributed by atoms with Crippen molar-refractivity contribution in [3.8, 4) is 10.6 Å². The fraction of sp³-hybridized carbons (Fsp3) is 0. The van der Waals surface area contributed by atoms with Gasteiger partial charge >= 0.3 is 0 Å². The molecule has 3 rings (SSSR count). The molecule has 1 amide bonds. The average Bonchev–Trinajstić information content (AvgIpc) is 2.97. The Morgan fingerprint density at radius 1 is 1.14 bits per heavy atom. The van der Waals surface area contributed by atoms with Gasteiger partial charge in [-0.1, -0.05) is 11.3 Å². The molecule has 21 heavy (non-hydrogen) atoms. The maximum absolute atomic E-state index is 13.4. The molecule has 0 fully saturated rings. The minimum Gasteiger partial charge on any atom is -0.296 e. The zero-order valence-electron chi connectivity index (χ0n) is 10.5. The van der Waals surface area contributed by atoms with Gasteiger partial charge in [0.25, 0.3) is 5.91 Å². The number of pyridine rings is 2. The predicted octanol–water partition coefficient (Wildman–Crippen LogP) is 2.39. The Balaban J connectivity index is 1.79. The Bertz CT molecular complexity index is 777. The number of aromatic nitrogens is 4. The van der Waals surface area contributed by atoms with Gasteiger partial charge in [0.1, 0.15) is 0 Å². The van der Waals surface area contributed by atoms with E-state index < -0.39 is 11.7 Å². The lowest BCUT2D eigenvalue weighted by Crippen LogP contribution is -2.13. The van der Waals surface area contributed by atoms with Crippen molar-refractivity contribution in [3.63, 3.8) is 0 Å². The van der Waals surface area contributed by atoms with Crippen molar-refractivity contribution in [1.82, 2.24) is 20.2 Å². The average molecular weight is 301 g/mol. The molecular weight excluding hydrogens is 293 g/mol. The number of carbonyl (C=O) groups excluding carboxylic acids is 1. The Kier molecular flexibility index (Phi) is 3.61. The topological polar surface area (TPSA) is 80.7 Å². The number of hydrogen-bond acceptors (Lipinski definition) is 6. The summed E-state index contributed by atoms with van der Waals surface area (Å²) in [5.74, 6) is -1.28. The van der Waals surface area contributed by atoms with Crippen LogP contribution < -0.4 is 5.32 Å². The van der Waals surface area contributed by atoms with Crippen LogP contribution in [0.1, 0.15) is 10.4 Å². The lowest BCUT2D eigenvalue weighted by Gasteiger charge is -2.01. The molecule has 0 spiro atoms. The molecule has 3 aromatic rings. The molecule has 0 unspecified atom stereocenters. The highest BCUT2D eigenvalue weighted by Crippen LogP contribution is 2.25. The van der Waals surface area contributed by atoms with Crippen molar-refractivity contribution in [2.45, 2.75) is 0 Å². The summed E-state index contributed by atoms with van der Waals surface area (Å²) < 4.78 is 13.4. The predicted molar refractivity (Wildman–Crippen MR) is 75.3 cm³/mol. The van der Waals surface area contributed by atoms with Crippen molar-refractivity contribution in [2.24, 2.45) is 0 Å². The van der Waals surface area contributed by atoms with Crippen molar-refractivity contribution >= 4 is 22.4 Å². The van der Waals surface area contributed by atoms with Crippen LogP contribution >= 0.6 is 11.3 Å². The molecule has 0 aromatic carbocycles. The van der Waals surface area contributed by atoms with Gasteiger partial charge in [-0.25, -0.2) is 4.39 Å². The largest absolute Gasteiger partial charge is 0.296 e. The normalized spacial score (nSPS) is 10.3. The number of rotatable bonds is 3. The first-order valence-electron chi connectivity index (χ1n) is 5.89. The second-order valence-corrected chi connectivity index (χ2v) is 4.94. The zero-order valence-corrected chi connectivity index (χ0v) is 11.3. The molecule has 0 saturated heterocycles. The molecule has 0 bridgehead atoms. The van der Waals surface area contributed by atoms with Gasteiger partial charge in [0.15, 0.2) is 10.8 Å². The maximum Gasteiger partial charge on any atom is 0.260 e. The summed E-state index contributed by atoms with van der Waals surface area (Å²) in [6, 6.07) is 4.91. The van der Waals surface area contributed by atoms with E-state index in [0.29, 0.717) is 5.01 Å². The van der Waals surface area contributed by atoms with Crippen molar-refractivity contribution in [3.05, 3.63) is 54.4 Å². The molecule has 0 radical (unpaired) electrons. The highest BCUT2D eigenvalue weighted by atomic mass is 32.1. The van der Waals surface area contributed by atoms with Crippen LogP contribution in [0.15, 0.2) is 43.0 Å². The van der Waals surface area contributed by atoms with Gasteiger partial charge in [0, 0.05) is 24.2 Å². The molecule has 0 atom stereocenters. The van der Waals surface area contributed by atoms with Gasteiger partial charge in [-0.3, -0.25) is 20.1 Å². The summed E-state index contributed by atoms with van der Waals surface area (Å²) in [5, 5.41) is 11.2. The van der Waals surface area contributed by atoms with Gasteiger partial charge in [-0.2, -0.15) is 0 Å².